The van der Waals surface area contributed by atoms with Crippen LogP contribution in [-0.2, 0) is 26.2 Å². The molecule has 49 heavy (non-hydrogen) atoms. The molecule has 0 saturated heterocycles. The normalized spacial score (nSPS) is 11.2. The molecule has 256 valence electrons. The highest BCUT2D eigenvalue weighted by Crippen LogP contribution is 2.26. The van der Waals surface area contributed by atoms with Gasteiger partial charge in [-0.25, -0.2) is 9.97 Å². The second-order valence-electron chi connectivity index (χ2n) is 11.8. The molecule has 0 fully saturated rings. The number of nitrogens with zero attached hydrogens (tertiary/aromatic N) is 8. The van der Waals surface area contributed by atoms with Crippen LogP contribution in [0.1, 0.15) is 82.4 Å². The van der Waals surface area contributed by atoms with Crippen LogP contribution in [0.2, 0.25) is 0 Å². The smallest absolute Gasteiger partial charge is 0.276 e. The summed E-state index contributed by atoms with van der Waals surface area (Å²) in [5.74, 6) is -0.332. The minimum absolute atomic E-state index is 0. The van der Waals surface area contributed by atoms with Crippen LogP contribution in [0.3, 0.4) is 0 Å². The van der Waals surface area contributed by atoms with E-state index >= 15 is 0 Å². The highest BCUT2D eigenvalue weighted by atomic mass is 16.2. The monoisotopic (exact) mass is 665 g/mol. The predicted octanol–water partition coefficient (Wildman–Crippen LogP) is 5.46. The van der Waals surface area contributed by atoms with Gasteiger partial charge in [0.1, 0.15) is 11.4 Å². The number of hydrogen-bond donors (Lipinski definition) is 3. The summed E-state index contributed by atoms with van der Waals surface area (Å²) in [4.78, 5) is 48.1. The standard InChI is InChI=1S/C34H39N11O3.CH4/c1-6-44-27(17-21(4)40-44)31(47)38-33-36-24-19-23(30(35)46)13-14-25(24)42(33)15-8-9-16-43-26-12-10-11-20(3)29(26)37-34(43)39-32(48)28-18-22(5)41-45(28)7-2;/h10-14,17-19H,6-9,15-16H2,1-5H3,(H2,35,46)(H,36,38,47)(H,37,39,48);1H4. The SMILES string of the molecule is C.CCn1nc(C)cc1C(=O)Nc1nc2cc(C(N)=O)ccc2n1CCCCn1c(NC(=O)c2cc(C)nn2CC)nc2c(C)cccc21. The van der Waals surface area contributed by atoms with Gasteiger partial charge in [-0.1, -0.05) is 19.6 Å². The topological polar surface area (TPSA) is 173 Å². The quantitative estimate of drug-likeness (QED) is 0.146. The van der Waals surface area contributed by atoms with Crippen molar-refractivity contribution in [2.24, 2.45) is 5.73 Å². The first kappa shape index (κ1) is 34.5. The average Bonchev–Trinajstić information content (AvgIpc) is 3.82. The van der Waals surface area contributed by atoms with Crippen LogP contribution < -0.4 is 16.4 Å². The number of aryl methyl sites for hydroxylation is 7. The summed E-state index contributed by atoms with van der Waals surface area (Å²) in [7, 11) is 0. The lowest BCUT2D eigenvalue weighted by Gasteiger charge is -2.13. The van der Waals surface area contributed by atoms with Crippen molar-refractivity contribution in [3.05, 3.63) is 82.4 Å². The lowest BCUT2D eigenvalue weighted by atomic mass is 10.2. The van der Waals surface area contributed by atoms with Gasteiger partial charge in [0, 0.05) is 31.7 Å². The number of fused-ring (bicyclic) bond motifs is 2. The van der Waals surface area contributed by atoms with Gasteiger partial charge in [-0.05, 0) is 89.4 Å². The number of unbranched alkanes of at least 4 members (excludes halogenated alkanes) is 1. The van der Waals surface area contributed by atoms with Crippen molar-refractivity contribution in [3.63, 3.8) is 0 Å². The molecule has 4 heterocycles. The summed E-state index contributed by atoms with van der Waals surface area (Å²) in [6.45, 7) is 11.8. The Labute approximate surface area is 284 Å². The molecule has 0 atom stereocenters. The van der Waals surface area contributed by atoms with E-state index in [1.165, 1.54) is 0 Å². The van der Waals surface area contributed by atoms with Crippen molar-refractivity contribution in [3.8, 4) is 0 Å². The van der Waals surface area contributed by atoms with Crippen LogP contribution in [0, 0.1) is 20.8 Å². The number of primary amides is 1. The zero-order valence-corrected chi connectivity index (χ0v) is 27.7. The molecular weight excluding hydrogens is 622 g/mol. The number of aromatic nitrogens is 8. The lowest BCUT2D eigenvalue weighted by Crippen LogP contribution is -2.20. The van der Waals surface area contributed by atoms with E-state index in [9.17, 15) is 14.4 Å². The molecule has 2 aromatic carbocycles. The van der Waals surface area contributed by atoms with E-state index in [4.69, 9.17) is 10.7 Å². The van der Waals surface area contributed by atoms with E-state index < -0.39 is 5.91 Å². The van der Waals surface area contributed by atoms with Crippen molar-refractivity contribution >= 4 is 51.7 Å². The van der Waals surface area contributed by atoms with Crippen molar-refractivity contribution in [1.82, 2.24) is 38.7 Å². The van der Waals surface area contributed by atoms with Gasteiger partial charge in [-0.15, -0.1) is 0 Å². The van der Waals surface area contributed by atoms with Crippen molar-refractivity contribution in [2.45, 2.75) is 81.1 Å². The zero-order valence-electron chi connectivity index (χ0n) is 27.7. The largest absolute Gasteiger partial charge is 0.366 e. The molecule has 0 bridgehead atoms. The highest BCUT2D eigenvalue weighted by molar-refractivity contribution is 6.04. The number of benzene rings is 2. The summed E-state index contributed by atoms with van der Waals surface area (Å²) < 4.78 is 7.29. The average molecular weight is 666 g/mol. The minimum atomic E-state index is -0.556. The van der Waals surface area contributed by atoms with E-state index in [0.717, 1.165) is 39.9 Å². The first-order valence-corrected chi connectivity index (χ1v) is 16.1. The molecule has 0 saturated carbocycles. The number of para-hydroxylation sites is 1. The van der Waals surface area contributed by atoms with Crippen molar-refractivity contribution < 1.29 is 14.4 Å². The molecule has 0 aliphatic carbocycles. The number of nitrogens with two attached hydrogens (primary N) is 1. The molecule has 0 radical (unpaired) electrons. The summed E-state index contributed by atoms with van der Waals surface area (Å²) in [5.41, 5.74) is 12.3. The maximum absolute atomic E-state index is 13.4. The van der Waals surface area contributed by atoms with Crippen LogP contribution in [0.25, 0.3) is 22.1 Å². The third kappa shape index (κ3) is 6.80. The summed E-state index contributed by atoms with van der Waals surface area (Å²) in [6, 6.07) is 14.6. The second-order valence-corrected chi connectivity index (χ2v) is 11.8. The van der Waals surface area contributed by atoms with E-state index in [0.29, 0.717) is 67.0 Å². The number of nitrogens with one attached hydrogen (secondary N) is 2. The van der Waals surface area contributed by atoms with E-state index in [1.807, 2.05) is 62.0 Å². The Morgan fingerprint density at radius 1 is 0.735 bits per heavy atom. The fourth-order valence-electron chi connectivity index (χ4n) is 6.02. The molecule has 0 aliphatic heterocycles. The number of carbonyl (C=O) groups excluding carboxylic acids is 3. The molecule has 0 unspecified atom stereocenters. The number of carbonyl (C=O) groups is 3. The van der Waals surface area contributed by atoms with Crippen molar-refractivity contribution in [2.75, 3.05) is 10.6 Å². The highest BCUT2D eigenvalue weighted by Gasteiger charge is 2.21. The molecule has 0 aliphatic rings. The summed E-state index contributed by atoms with van der Waals surface area (Å²) in [5, 5.41) is 14.8. The van der Waals surface area contributed by atoms with Gasteiger partial charge in [0.25, 0.3) is 11.8 Å². The molecule has 4 aromatic heterocycles. The molecule has 4 N–H and O–H groups in total. The number of rotatable bonds is 12. The molecule has 14 nitrogen and oxygen atoms in total. The Hall–Kier alpha value is -5.79. The minimum Gasteiger partial charge on any atom is -0.366 e. The van der Waals surface area contributed by atoms with Gasteiger partial charge in [-0.2, -0.15) is 10.2 Å². The van der Waals surface area contributed by atoms with Crippen LogP contribution in [0.15, 0.2) is 48.5 Å². The summed E-state index contributed by atoms with van der Waals surface area (Å²) >= 11 is 0. The third-order valence-corrected chi connectivity index (χ3v) is 8.35. The lowest BCUT2D eigenvalue weighted by molar-refractivity contribution is 0.0995. The Kier molecular flexibility index (Phi) is 9.97. The maximum Gasteiger partial charge on any atom is 0.276 e. The van der Waals surface area contributed by atoms with Gasteiger partial charge >= 0.3 is 0 Å². The van der Waals surface area contributed by atoms with E-state index in [-0.39, 0.29) is 19.2 Å². The molecule has 6 rings (SSSR count). The van der Waals surface area contributed by atoms with Gasteiger partial charge in [0.2, 0.25) is 17.8 Å². The van der Waals surface area contributed by atoms with E-state index in [1.54, 1.807) is 39.7 Å². The molecule has 0 spiro atoms. The molecular formula is C35H43N11O3. The first-order valence-electron chi connectivity index (χ1n) is 16.1. The summed E-state index contributed by atoms with van der Waals surface area (Å²) in [6.07, 6.45) is 1.43. The fraction of sp³-hybridized carbons (Fsp3) is 0.343. The fourth-order valence-corrected chi connectivity index (χ4v) is 6.02. The van der Waals surface area contributed by atoms with Gasteiger partial charge in [0.05, 0.1) is 33.5 Å². The van der Waals surface area contributed by atoms with Crippen LogP contribution >= 0.6 is 0 Å². The van der Waals surface area contributed by atoms with Crippen LogP contribution in [-0.4, -0.2) is 56.4 Å². The maximum atomic E-state index is 13.4. The molecule has 14 heteroatoms. The Morgan fingerprint density at radius 3 is 1.84 bits per heavy atom. The van der Waals surface area contributed by atoms with E-state index in [2.05, 4.69) is 25.8 Å². The predicted molar refractivity (Wildman–Crippen MR) is 190 cm³/mol. The van der Waals surface area contributed by atoms with Gasteiger partial charge in [-0.3, -0.25) is 34.4 Å². The Morgan fingerprint density at radius 2 is 1.29 bits per heavy atom. The number of hydrogen-bond acceptors (Lipinski definition) is 7. The zero-order chi connectivity index (χ0) is 34.1. The number of imidazole rings is 2. The first-order chi connectivity index (χ1) is 23.1. The van der Waals surface area contributed by atoms with Gasteiger partial charge < -0.3 is 14.9 Å². The number of anilines is 2. The molecule has 3 amide bonds. The van der Waals surface area contributed by atoms with Gasteiger partial charge in [0.15, 0.2) is 0 Å². The Balaban J connectivity index is 0.00000468. The number of amides is 3. The second kappa shape index (κ2) is 14.1. The molecule has 6 aromatic rings. The Bertz CT molecular complexity index is 2180. The third-order valence-electron chi connectivity index (χ3n) is 8.35. The van der Waals surface area contributed by atoms with Crippen LogP contribution in [0.5, 0.6) is 0 Å². The van der Waals surface area contributed by atoms with Crippen LogP contribution in [0.4, 0.5) is 11.9 Å². The van der Waals surface area contributed by atoms with Crippen molar-refractivity contribution in [1.29, 1.82) is 0 Å².